The van der Waals surface area contributed by atoms with Crippen molar-refractivity contribution in [3.8, 4) is 5.75 Å². The first-order valence-electron chi connectivity index (χ1n) is 6.48. The molecule has 1 atom stereocenters. The lowest BCUT2D eigenvalue weighted by Gasteiger charge is -2.27. The lowest BCUT2D eigenvalue weighted by Crippen LogP contribution is -2.47. The molecule has 1 aliphatic heterocycles. The molecule has 2 amide bonds. The maximum absolute atomic E-state index is 12.4. The van der Waals surface area contributed by atoms with Crippen LogP contribution in [0.2, 0.25) is 0 Å². The number of carboxylic acids is 1. The van der Waals surface area contributed by atoms with E-state index in [1.165, 1.54) is 21.6 Å². The van der Waals surface area contributed by atoms with Crippen LogP contribution in [0.3, 0.4) is 0 Å². The number of nitrogens with zero attached hydrogens (tertiary/aromatic N) is 2. The highest BCUT2D eigenvalue weighted by Crippen LogP contribution is 2.24. The van der Waals surface area contributed by atoms with Crippen LogP contribution in [0.25, 0.3) is 0 Å². The van der Waals surface area contributed by atoms with Gasteiger partial charge in [0.05, 0.1) is 19.5 Å². The number of hydrogen-bond acceptors (Lipinski definition) is 4. The third kappa shape index (κ3) is 3.41. The number of thioether (sulfide) groups is 1. The number of ether oxygens (including phenoxy) is 1. The van der Waals surface area contributed by atoms with Crippen molar-refractivity contribution in [2.75, 3.05) is 25.8 Å². The second-order valence-corrected chi connectivity index (χ2v) is 5.77. The molecule has 1 fully saturated rings. The summed E-state index contributed by atoms with van der Waals surface area (Å²) < 4.78 is 5.26. The Hall–Kier alpha value is -1.89. The summed E-state index contributed by atoms with van der Waals surface area (Å²) in [6, 6.07) is 6.43. The van der Waals surface area contributed by atoms with Gasteiger partial charge in [-0.2, -0.15) is 0 Å². The normalized spacial score (nSPS) is 17.6. The van der Waals surface area contributed by atoms with Crippen molar-refractivity contribution in [2.24, 2.45) is 0 Å². The van der Waals surface area contributed by atoms with Gasteiger partial charge in [0.25, 0.3) is 0 Å². The van der Waals surface area contributed by atoms with E-state index < -0.39 is 12.0 Å². The molecule has 2 rings (SSSR count). The summed E-state index contributed by atoms with van der Waals surface area (Å²) in [6.07, 6.45) is 0. The average molecular weight is 310 g/mol. The summed E-state index contributed by atoms with van der Waals surface area (Å²) in [4.78, 5) is 26.5. The quantitative estimate of drug-likeness (QED) is 0.917. The molecule has 1 unspecified atom stereocenters. The zero-order valence-corrected chi connectivity index (χ0v) is 12.8. The highest BCUT2D eigenvalue weighted by Gasteiger charge is 2.36. The van der Waals surface area contributed by atoms with Crippen molar-refractivity contribution in [3.05, 3.63) is 29.8 Å². The fourth-order valence-electron chi connectivity index (χ4n) is 2.21. The van der Waals surface area contributed by atoms with Crippen LogP contribution in [0.5, 0.6) is 5.75 Å². The van der Waals surface area contributed by atoms with Crippen molar-refractivity contribution in [2.45, 2.75) is 12.6 Å². The molecule has 0 spiro atoms. The highest BCUT2D eigenvalue weighted by atomic mass is 32.2. The molecule has 114 valence electrons. The van der Waals surface area contributed by atoms with E-state index in [1.807, 2.05) is 24.3 Å². The minimum Gasteiger partial charge on any atom is -0.496 e. The summed E-state index contributed by atoms with van der Waals surface area (Å²) in [5, 5.41) is 9.14. The molecule has 1 aromatic carbocycles. The Kier molecular flexibility index (Phi) is 4.95. The summed E-state index contributed by atoms with van der Waals surface area (Å²) in [5.41, 5.74) is 0.884. The molecule has 0 aromatic heterocycles. The Labute approximate surface area is 127 Å². The minimum atomic E-state index is -0.959. The molecule has 1 aromatic rings. The van der Waals surface area contributed by atoms with Crippen LogP contribution in [-0.2, 0) is 11.3 Å². The van der Waals surface area contributed by atoms with Gasteiger partial charge in [0.1, 0.15) is 11.8 Å². The number of urea groups is 1. The average Bonchev–Trinajstić information content (AvgIpc) is 2.96. The van der Waals surface area contributed by atoms with Crippen LogP contribution >= 0.6 is 11.8 Å². The van der Waals surface area contributed by atoms with Crippen LogP contribution in [0, 0.1) is 0 Å². The first-order chi connectivity index (χ1) is 10.0. The first-order valence-corrected chi connectivity index (χ1v) is 7.64. The van der Waals surface area contributed by atoms with Crippen molar-refractivity contribution < 1.29 is 19.4 Å². The largest absolute Gasteiger partial charge is 0.496 e. The fourth-order valence-corrected chi connectivity index (χ4v) is 3.35. The van der Waals surface area contributed by atoms with E-state index in [1.54, 1.807) is 14.2 Å². The van der Waals surface area contributed by atoms with E-state index in [0.717, 1.165) is 5.56 Å². The lowest BCUT2D eigenvalue weighted by atomic mass is 10.2. The number of rotatable bonds is 4. The summed E-state index contributed by atoms with van der Waals surface area (Å²) >= 11 is 1.45. The molecule has 0 aliphatic carbocycles. The topological polar surface area (TPSA) is 70.1 Å². The predicted molar refractivity (Wildman–Crippen MR) is 80.4 cm³/mol. The van der Waals surface area contributed by atoms with Gasteiger partial charge in [-0.3, -0.25) is 0 Å². The van der Waals surface area contributed by atoms with Crippen LogP contribution in [0.1, 0.15) is 5.56 Å². The smallest absolute Gasteiger partial charge is 0.327 e. The number of benzene rings is 1. The predicted octanol–water partition coefficient (Wildman–Crippen LogP) is 1.71. The molecule has 0 radical (unpaired) electrons. The number of methoxy groups -OCH3 is 1. The number of carbonyl (C=O) groups excluding carboxylic acids is 1. The third-order valence-electron chi connectivity index (χ3n) is 3.34. The van der Waals surface area contributed by atoms with E-state index in [0.29, 0.717) is 23.9 Å². The van der Waals surface area contributed by atoms with Gasteiger partial charge in [-0.25, -0.2) is 9.59 Å². The van der Waals surface area contributed by atoms with Gasteiger partial charge >= 0.3 is 12.0 Å². The highest BCUT2D eigenvalue weighted by molar-refractivity contribution is 7.99. The second-order valence-electron chi connectivity index (χ2n) is 4.77. The van der Waals surface area contributed by atoms with Gasteiger partial charge in [0.15, 0.2) is 0 Å². The molecule has 1 N–H and O–H groups in total. The molecule has 7 heteroatoms. The zero-order chi connectivity index (χ0) is 15.4. The van der Waals surface area contributed by atoms with Gasteiger partial charge < -0.3 is 19.6 Å². The summed E-state index contributed by atoms with van der Waals surface area (Å²) in [6.45, 7) is 0.371. The Balaban J connectivity index is 2.07. The van der Waals surface area contributed by atoms with Crippen molar-refractivity contribution in [3.63, 3.8) is 0 Å². The van der Waals surface area contributed by atoms with E-state index >= 15 is 0 Å². The Morgan fingerprint density at radius 2 is 2.19 bits per heavy atom. The number of carboxylic acid groups (broad SMARTS) is 1. The summed E-state index contributed by atoms with van der Waals surface area (Å²) in [5.74, 6) is 0.595. The van der Waals surface area contributed by atoms with Crippen LogP contribution in [0.4, 0.5) is 4.79 Å². The molecule has 1 heterocycles. The number of para-hydroxylation sites is 1. The fraction of sp³-hybridized carbons (Fsp3) is 0.429. The van der Waals surface area contributed by atoms with Crippen LogP contribution in [-0.4, -0.2) is 58.7 Å². The maximum atomic E-state index is 12.4. The van der Waals surface area contributed by atoms with E-state index in [4.69, 9.17) is 9.84 Å². The van der Waals surface area contributed by atoms with Gasteiger partial charge in [0.2, 0.25) is 0 Å². The van der Waals surface area contributed by atoms with Gasteiger partial charge in [-0.1, -0.05) is 18.2 Å². The van der Waals surface area contributed by atoms with Gasteiger partial charge in [0, 0.05) is 18.4 Å². The molecule has 1 saturated heterocycles. The maximum Gasteiger partial charge on any atom is 0.327 e. The number of carbonyl (C=O) groups is 2. The molecule has 1 aliphatic rings. The SMILES string of the molecule is COc1ccccc1CN(C)C(=O)N1CSCC1C(=O)O. The molecular weight excluding hydrogens is 292 g/mol. The third-order valence-corrected chi connectivity index (χ3v) is 4.35. The number of hydrogen-bond donors (Lipinski definition) is 1. The Morgan fingerprint density at radius 1 is 1.48 bits per heavy atom. The molecule has 21 heavy (non-hydrogen) atoms. The molecular formula is C14H18N2O4S. The van der Waals surface area contributed by atoms with Crippen LogP contribution < -0.4 is 4.74 Å². The minimum absolute atomic E-state index is 0.279. The van der Waals surface area contributed by atoms with E-state index in [-0.39, 0.29) is 6.03 Å². The van der Waals surface area contributed by atoms with E-state index in [2.05, 4.69) is 0 Å². The Morgan fingerprint density at radius 3 is 2.86 bits per heavy atom. The first kappa shape index (κ1) is 15.5. The molecule has 0 bridgehead atoms. The summed E-state index contributed by atoms with van der Waals surface area (Å²) in [7, 11) is 3.24. The number of amides is 2. The van der Waals surface area contributed by atoms with E-state index in [9.17, 15) is 9.59 Å². The second kappa shape index (κ2) is 6.71. The van der Waals surface area contributed by atoms with Crippen molar-refractivity contribution in [1.29, 1.82) is 0 Å². The van der Waals surface area contributed by atoms with Crippen molar-refractivity contribution in [1.82, 2.24) is 9.80 Å². The van der Waals surface area contributed by atoms with Gasteiger partial charge in [-0.15, -0.1) is 11.8 Å². The van der Waals surface area contributed by atoms with Crippen molar-refractivity contribution >= 4 is 23.8 Å². The van der Waals surface area contributed by atoms with Gasteiger partial charge in [-0.05, 0) is 6.07 Å². The standard InChI is InChI=1S/C14H18N2O4S/c1-15(7-10-5-3-4-6-12(10)20-2)14(19)16-9-21-8-11(16)13(17)18/h3-6,11H,7-9H2,1-2H3,(H,17,18). The number of aliphatic carboxylic acids is 1. The van der Waals surface area contributed by atoms with Crippen LogP contribution in [0.15, 0.2) is 24.3 Å². The monoisotopic (exact) mass is 310 g/mol. The Bertz CT molecular complexity index is 537. The molecule has 0 saturated carbocycles. The lowest BCUT2D eigenvalue weighted by molar-refractivity contribution is -0.140. The molecule has 6 nitrogen and oxygen atoms in total. The zero-order valence-electron chi connectivity index (χ0n) is 12.0.